The first kappa shape index (κ1) is 10.8. The fraction of sp³-hybridized carbons (Fsp3) is 0.417. The number of carbonyl (C=O) groups is 1. The molecule has 2 amide bonds. The molecule has 1 aliphatic rings. The zero-order valence-electron chi connectivity index (χ0n) is 9.56. The van der Waals surface area contributed by atoms with Gasteiger partial charge in [-0.1, -0.05) is 6.07 Å². The first-order valence-corrected chi connectivity index (χ1v) is 5.38. The molecule has 1 aromatic carbocycles. The summed E-state index contributed by atoms with van der Waals surface area (Å²) in [4.78, 5) is 13.5. The molecule has 1 saturated carbocycles. The molecule has 0 aromatic heterocycles. The molecule has 1 N–H and O–H groups in total. The Morgan fingerprint density at radius 3 is 2.88 bits per heavy atom. The van der Waals surface area contributed by atoms with E-state index in [2.05, 4.69) is 5.32 Å². The van der Waals surface area contributed by atoms with Crippen molar-refractivity contribution in [1.82, 2.24) is 4.90 Å². The SMILES string of the molecule is COc1cccc(NC(=O)N(C)C2CC2)c1. The standard InChI is InChI=1S/C12H16N2O2/c1-14(10-6-7-10)12(15)13-9-4-3-5-11(8-9)16-2/h3-5,8,10H,6-7H2,1-2H3,(H,13,15). The Kier molecular flexibility index (Phi) is 2.99. The summed E-state index contributed by atoms with van der Waals surface area (Å²) in [6.45, 7) is 0. The van der Waals surface area contributed by atoms with Gasteiger partial charge in [-0.3, -0.25) is 0 Å². The molecular weight excluding hydrogens is 204 g/mol. The maximum absolute atomic E-state index is 11.8. The van der Waals surface area contributed by atoms with Crippen LogP contribution in [-0.4, -0.2) is 31.1 Å². The summed E-state index contributed by atoms with van der Waals surface area (Å²) in [6, 6.07) is 7.72. The first-order valence-electron chi connectivity index (χ1n) is 5.38. The largest absolute Gasteiger partial charge is 0.497 e. The van der Waals surface area contributed by atoms with Gasteiger partial charge < -0.3 is 15.0 Å². The zero-order valence-corrected chi connectivity index (χ0v) is 9.56. The summed E-state index contributed by atoms with van der Waals surface area (Å²) < 4.78 is 5.09. The highest BCUT2D eigenvalue weighted by atomic mass is 16.5. The Labute approximate surface area is 95.2 Å². The third kappa shape index (κ3) is 2.45. The second-order valence-electron chi connectivity index (χ2n) is 4.00. The molecule has 0 bridgehead atoms. The van der Waals surface area contributed by atoms with E-state index >= 15 is 0 Å². The molecule has 4 heteroatoms. The first-order chi connectivity index (χ1) is 7.70. The van der Waals surface area contributed by atoms with Gasteiger partial charge >= 0.3 is 6.03 Å². The minimum Gasteiger partial charge on any atom is -0.497 e. The molecule has 0 aliphatic heterocycles. The lowest BCUT2D eigenvalue weighted by atomic mass is 10.3. The van der Waals surface area contributed by atoms with Gasteiger partial charge in [0, 0.05) is 24.8 Å². The monoisotopic (exact) mass is 220 g/mol. The minimum atomic E-state index is -0.0595. The number of carbonyl (C=O) groups excluding carboxylic acids is 1. The number of ether oxygens (including phenoxy) is 1. The zero-order chi connectivity index (χ0) is 11.5. The molecule has 0 atom stereocenters. The molecule has 0 heterocycles. The number of methoxy groups -OCH3 is 1. The van der Waals surface area contributed by atoms with Crippen molar-refractivity contribution in [2.24, 2.45) is 0 Å². The Morgan fingerprint density at radius 1 is 1.50 bits per heavy atom. The maximum atomic E-state index is 11.8. The second kappa shape index (κ2) is 4.43. The summed E-state index contributed by atoms with van der Waals surface area (Å²) >= 11 is 0. The van der Waals surface area contributed by atoms with E-state index in [0.29, 0.717) is 6.04 Å². The molecule has 2 rings (SSSR count). The van der Waals surface area contributed by atoms with Gasteiger partial charge in [-0.15, -0.1) is 0 Å². The normalized spacial score (nSPS) is 14.4. The molecule has 0 unspecified atom stereocenters. The lowest BCUT2D eigenvalue weighted by Gasteiger charge is -2.17. The van der Waals surface area contributed by atoms with Gasteiger partial charge in [0.1, 0.15) is 5.75 Å². The number of rotatable bonds is 3. The summed E-state index contributed by atoms with van der Waals surface area (Å²) in [7, 11) is 3.43. The molecular formula is C12H16N2O2. The van der Waals surface area contributed by atoms with Crippen molar-refractivity contribution in [3.63, 3.8) is 0 Å². The predicted molar refractivity (Wildman–Crippen MR) is 62.8 cm³/mol. The molecule has 1 aromatic rings. The van der Waals surface area contributed by atoms with E-state index in [4.69, 9.17) is 4.74 Å². The van der Waals surface area contributed by atoms with Crippen molar-refractivity contribution in [3.05, 3.63) is 24.3 Å². The van der Waals surface area contributed by atoms with Crippen molar-refractivity contribution in [1.29, 1.82) is 0 Å². The van der Waals surface area contributed by atoms with Crippen LogP contribution in [0.3, 0.4) is 0 Å². The highest BCUT2D eigenvalue weighted by Gasteiger charge is 2.29. The van der Waals surface area contributed by atoms with Gasteiger partial charge in [0.15, 0.2) is 0 Å². The maximum Gasteiger partial charge on any atom is 0.321 e. The van der Waals surface area contributed by atoms with Gasteiger partial charge in [0.25, 0.3) is 0 Å². The fourth-order valence-electron chi connectivity index (χ4n) is 1.54. The lowest BCUT2D eigenvalue weighted by Crippen LogP contribution is -2.32. The van der Waals surface area contributed by atoms with Crippen molar-refractivity contribution in [3.8, 4) is 5.75 Å². The second-order valence-corrected chi connectivity index (χ2v) is 4.00. The van der Waals surface area contributed by atoms with E-state index in [1.54, 1.807) is 18.1 Å². The van der Waals surface area contributed by atoms with E-state index in [0.717, 1.165) is 24.3 Å². The molecule has 0 spiro atoms. The Bertz CT molecular complexity index is 388. The molecule has 0 radical (unpaired) electrons. The number of hydrogen-bond acceptors (Lipinski definition) is 2. The number of nitrogens with one attached hydrogen (secondary N) is 1. The summed E-state index contributed by atoms with van der Waals surface area (Å²) in [6.07, 6.45) is 2.23. The molecule has 1 fully saturated rings. The van der Waals surface area contributed by atoms with E-state index in [1.807, 2.05) is 25.2 Å². The van der Waals surface area contributed by atoms with Gasteiger partial charge in [0.2, 0.25) is 0 Å². The number of hydrogen-bond donors (Lipinski definition) is 1. The van der Waals surface area contributed by atoms with Gasteiger partial charge in [-0.25, -0.2) is 4.79 Å². The highest BCUT2D eigenvalue weighted by molar-refractivity contribution is 5.89. The molecule has 16 heavy (non-hydrogen) atoms. The van der Waals surface area contributed by atoms with Crippen LogP contribution in [0.15, 0.2) is 24.3 Å². The summed E-state index contributed by atoms with van der Waals surface area (Å²) in [5, 5.41) is 2.84. The van der Waals surface area contributed by atoms with Crippen molar-refractivity contribution in [2.45, 2.75) is 18.9 Å². The average Bonchev–Trinajstić information content (AvgIpc) is 3.12. The summed E-state index contributed by atoms with van der Waals surface area (Å²) in [5.74, 6) is 0.742. The number of benzene rings is 1. The van der Waals surface area contributed by atoms with Crippen LogP contribution < -0.4 is 10.1 Å². The molecule has 4 nitrogen and oxygen atoms in total. The quantitative estimate of drug-likeness (QED) is 0.849. The van der Waals surface area contributed by atoms with E-state index in [1.165, 1.54) is 0 Å². The third-order valence-electron chi connectivity index (χ3n) is 2.74. The van der Waals surface area contributed by atoms with Crippen LogP contribution in [0.4, 0.5) is 10.5 Å². The number of nitrogens with zero attached hydrogens (tertiary/aromatic N) is 1. The fourth-order valence-corrected chi connectivity index (χ4v) is 1.54. The average molecular weight is 220 g/mol. The van der Waals surface area contributed by atoms with Gasteiger partial charge in [0.05, 0.1) is 7.11 Å². The molecule has 1 aliphatic carbocycles. The number of amides is 2. The minimum absolute atomic E-state index is 0.0595. The van der Waals surface area contributed by atoms with Crippen LogP contribution in [-0.2, 0) is 0 Å². The Morgan fingerprint density at radius 2 is 2.25 bits per heavy atom. The smallest absolute Gasteiger partial charge is 0.321 e. The third-order valence-corrected chi connectivity index (χ3v) is 2.74. The van der Waals surface area contributed by atoms with Crippen LogP contribution in [0.5, 0.6) is 5.75 Å². The lowest BCUT2D eigenvalue weighted by molar-refractivity contribution is 0.220. The predicted octanol–water partition coefficient (Wildman–Crippen LogP) is 2.32. The van der Waals surface area contributed by atoms with E-state index in [-0.39, 0.29) is 6.03 Å². The van der Waals surface area contributed by atoms with Gasteiger partial charge in [-0.05, 0) is 25.0 Å². The molecule has 0 saturated heterocycles. The van der Waals surface area contributed by atoms with Crippen LogP contribution in [0, 0.1) is 0 Å². The van der Waals surface area contributed by atoms with Crippen LogP contribution in [0.2, 0.25) is 0 Å². The van der Waals surface area contributed by atoms with Crippen LogP contribution >= 0.6 is 0 Å². The Hall–Kier alpha value is -1.71. The Balaban J connectivity index is 1.99. The van der Waals surface area contributed by atoms with E-state index in [9.17, 15) is 4.79 Å². The summed E-state index contributed by atoms with van der Waals surface area (Å²) in [5.41, 5.74) is 0.761. The topological polar surface area (TPSA) is 41.6 Å². The van der Waals surface area contributed by atoms with Crippen molar-refractivity contribution < 1.29 is 9.53 Å². The molecule has 86 valence electrons. The highest BCUT2D eigenvalue weighted by Crippen LogP contribution is 2.26. The van der Waals surface area contributed by atoms with Crippen LogP contribution in [0.1, 0.15) is 12.8 Å². The number of anilines is 1. The number of urea groups is 1. The van der Waals surface area contributed by atoms with Crippen molar-refractivity contribution >= 4 is 11.7 Å². The van der Waals surface area contributed by atoms with Crippen LogP contribution in [0.25, 0.3) is 0 Å². The van der Waals surface area contributed by atoms with Gasteiger partial charge in [-0.2, -0.15) is 0 Å². The van der Waals surface area contributed by atoms with E-state index < -0.39 is 0 Å². The van der Waals surface area contributed by atoms with Crippen molar-refractivity contribution in [2.75, 3.05) is 19.5 Å².